The number of rotatable bonds is 9. The number of pyridine rings is 1. The van der Waals surface area contributed by atoms with Gasteiger partial charge in [0, 0.05) is 37.2 Å². The predicted octanol–water partition coefficient (Wildman–Crippen LogP) is 7.26. The molecule has 230 valence electrons. The molecular formula is C29H33ClF3N7O2S. The van der Waals surface area contributed by atoms with Gasteiger partial charge in [0.15, 0.2) is 10.9 Å². The summed E-state index contributed by atoms with van der Waals surface area (Å²) in [6, 6.07) is 9.27. The Hall–Kier alpha value is -3.55. The highest BCUT2D eigenvalue weighted by Crippen LogP contribution is 2.37. The number of thiazole rings is 1. The van der Waals surface area contributed by atoms with Crippen molar-refractivity contribution in [2.75, 3.05) is 23.7 Å². The number of nitrogens with one attached hydrogen (secondary N) is 2. The van der Waals surface area contributed by atoms with Gasteiger partial charge in [-0.1, -0.05) is 31.3 Å². The summed E-state index contributed by atoms with van der Waals surface area (Å²) < 4.78 is 47.9. The summed E-state index contributed by atoms with van der Waals surface area (Å²) in [6.45, 7) is 9.58. The summed E-state index contributed by atoms with van der Waals surface area (Å²) in [7, 11) is 0. The quantitative estimate of drug-likeness (QED) is 0.198. The SMILES string of the molecule is CC(=O)Nc1nc2c(Oc3cc(-c4ccc(C(F)(F)F)nc4N[C@H](C)[C@H]4CCCN4CC(C)C)ncn3)cccc2s1.Cl. The third-order valence-corrected chi connectivity index (χ3v) is 7.87. The second-order valence-corrected chi connectivity index (χ2v) is 11.8. The number of hydrogen-bond donors (Lipinski definition) is 2. The maximum Gasteiger partial charge on any atom is 0.433 e. The highest BCUT2D eigenvalue weighted by Gasteiger charge is 2.35. The first-order valence-corrected chi connectivity index (χ1v) is 14.6. The van der Waals surface area contributed by atoms with Gasteiger partial charge in [0.05, 0.1) is 10.4 Å². The summed E-state index contributed by atoms with van der Waals surface area (Å²) in [4.78, 5) is 30.9. The van der Waals surface area contributed by atoms with Gasteiger partial charge in [-0.3, -0.25) is 9.69 Å². The van der Waals surface area contributed by atoms with Crippen molar-refractivity contribution in [2.45, 2.75) is 58.8 Å². The lowest BCUT2D eigenvalue weighted by molar-refractivity contribution is -0.141. The maximum absolute atomic E-state index is 13.7. The monoisotopic (exact) mass is 635 g/mol. The molecule has 1 aliphatic rings. The number of ether oxygens (including phenoxy) is 1. The second kappa shape index (κ2) is 13.4. The van der Waals surface area contributed by atoms with Gasteiger partial charge in [0.2, 0.25) is 11.8 Å². The second-order valence-electron chi connectivity index (χ2n) is 10.8. The Bertz CT molecular complexity index is 1580. The molecule has 0 bridgehead atoms. The number of amides is 1. The van der Waals surface area contributed by atoms with Gasteiger partial charge >= 0.3 is 6.18 Å². The molecule has 1 amide bonds. The molecule has 0 unspecified atom stereocenters. The number of carbonyl (C=O) groups is 1. The zero-order valence-electron chi connectivity index (χ0n) is 24.1. The average molecular weight is 636 g/mol. The largest absolute Gasteiger partial charge is 0.437 e. The van der Waals surface area contributed by atoms with Crippen molar-refractivity contribution in [3.8, 4) is 22.9 Å². The highest BCUT2D eigenvalue weighted by molar-refractivity contribution is 7.22. The summed E-state index contributed by atoms with van der Waals surface area (Å²) in [5, 5.41) is 6.39. The first-order valence-electron chi connectivity index (χ1n) is 13.7. The molecule has 9 nitrogen and oxygen atoms in total. The van der Waals surface area contributed by atoms with E-state index in [1.165, 1.54) is 30.7 Å². The third kappa shape index (κ3) is 7.70. The van der Waals surface area contributed by atoms with Crippen LogP contribution in [0.2, 0.25) is 0 Å². The summed E-state index contributed by atoms with van der Waals surface area (Å²) in [5.41, 5.74) is 0.310. The minimum absolute atomic E-state index is 0. The van der Waals surface area contributed by atoms with E-state index in [0.29, 0.717) is 33.6 Å². The lowest BCUT2D eigenvalue weighted by atomic mass is 10.0. The zero-order chi connectivity index (χ0) is 30.0. The first-order chi connectivity index (χ1) is 20.0. The Morgan fingerprint density at radius 3 is 2.67 bits per heavy atom. The molecule has 0 radical (unpaired) electrons. The molecule has 4 heterocycles. The summed E-state index contributed by atoms with van der Waals surface area (Å²) >= 11 is 1.31. The van der Waals surface area contributed by atoms with Crippen molar-refractivity contribution in [1.29, 1.82) is 0 Å². The molecule has 4 aromatic rings. The Morgan fingerprint density at radius 2 is 1.95 bits per heavy atom. The number of anilines is 2. The van der Waals surface area contributed by atoms with Gasteiger partial charge < -0.3 is 15.4 Å². The number of alkyl halides is 3. The highest BCUT2D eigenvalue weighted by atomic mass is 35.5. The van der Waals surface area contributed by atoms with Crippen molar-refractivity contribution < 1.29 is 22.7 Å². The van der Waals surface area contributed by atoms with Crippen molar-refractivity contribution >= 4 is 50.8 Å². The molecule has 0 spiro atoms. The van der Waals surface area contributed by atoms with Crippen molar-refractivity contribution in [1.82, 2.24) is 24.8 Å². The number of para-hydroxylation sites is 1. The van der Waals surface area contributed by atoms with E-state index in [2.05, 4.69) is 49.3 Å². The maximum atomic E-state index is 13.7. The molecule has 2 N–H and O–H groups in total. The minimum atomic E-state index is -4.60. The van der Waals surface area contributed by atoms with Gasteiger partial charge in [-0.05, 0) is 56.5 Å². The van der Waals surface area contributed by atoms with E-state index in [1.807, 2.05) is 13.0 Å². The van der Waals surface area contributed by atoms with Gasteiger partial charge in [-0.25, -0.2) is 19.9 Å². The van der Waals surface area contributed by atoms with Crippen LogP contribution in [0.1, 0.15) is 46.2 Å². The van der Waals surface area contributed by atoms with Gasteiger partial charge in [-0.2, -0.15) is 13.2 Å². The minimum Gasteiger partial charge on any atom is -0.437 e. The molecule has 43 heavy (non-hydrogen) atoms. The normalized spacial score (nSPS) is 16.2. The van der Waals surface area contributed by atoms with Crippen molar-refractivity contribution in [2.24, 2.45) is 5.92 Å². The third-order valence-electron chi connectivity index (χ3n) is 6.94. The number of benzene rings is 1. The lowest BCUT2D eigenvalue weighted by Crippen LogP contribution is -2.43. The molecule has 0 aliphatic carbocycles. The van der Waals surface area contributed by atoms with E-state index in [9.17, 15) is 18.0 Å². The number of likely N-dealkylation sites (tertiary alicyclic amines) is 1. The van der Waals surface area contributed by atoms with Gasteiger partial charge in [0.25, 0.3) is 0 Å². The van der Waals surface area contributed by atoms with Crippen LogP contribution in [0.15, 0.2) is 42.7 Å². The Morgan fingerprint density at radius 1 is 1.16 bits per heavy atom. The number of halogens is 4. The zero-order valence-corrected chi connectivity index (χ0v) is 25.7. The molecule has 1 saturated heterocycles. The number of hydrogen-bond acceptors (Lipinski definition) is 9. The number of aromatic nitrogens is 4. The van der Waals surface area contributed by atoms with Gasteiger partial charge in [-0.15, -0.1) is 12.4 Å². The Labute approximate surface area is 257 Å². The molecule has 2 atom stereocenters. The van der Waals surface area contributed by atoms with E-state index in [-0.39, 0.29) is 42.1 Å². The number of fused-ring (bicyclic) bond motifs is 1. The fourth-order valence-corrected chi connectivity index (χ4v) is 6.15. The number of carbonyl (C=O) groups excluding carboxylic acids is 1. The van der Waals surface area contributed by atoms with Crippen LogP contribution < -0.4 is 15.4 Å². The molecule has 1 aromatic carbocycles. The molecule has 14 heteroatoms. The fraction of sp³-hybridized carbons (Fsp3) is 0.414. The topological polar surface area (TPSA) is 105 Å². The Balaban J connectivity index is 0.00000423. The van der Waals surface area contributed by atoms with Crippen LogP contribution in [-0.4, -0.2) is 55.9 Å². The molecule has 1 aliphatic heterocycles. The van der Waals surface area contributed by atoms with Crippen LogP contribution in [0.4, 0.5) is 24.1 Å². The van der Waals surface area contributed by atoms with Crippen LogP contribution in [0, 0.1) is 5.92 Å². The molecule has 3 aromatic heterocycles. The summed E-state index contributed by atoms with van der Waals surface area (Å²) in [6.07, 6.45) is -1.32. The molecule has 1 fully saturated rings. The van der Waals surface area contributed by atoms with Crippen LogP contribution in [0.25, 0.3) is 21.5 Å². The van der Waals surface area contributed by atoms with E-state index in [0.717, 1.165) is 36.7 Å². The predicted molar refractivity (Wildman–Crippen MR) is 164 cm³/mol. The average Bonchev–Trinajstić information content (AvgIpc) is 3.54. The van der Waals surface area contributed by atoms with Crippen LogP contribution in [-0.2, 0) is 11.0 Å². The Kier molecular flexibility index (Phi) is 10.1. The standard InChI is InChI=1S/C29H32F3N7O2S.ClH/c1-16(2)14-39-12-6-7-21(39)17(3)35-27-19(10-11-24(37-27)29(30,31)32)20-13-25(34-15-33-20)41-22-8-5-9-23-26(22)38-28(42-23)36-18(4)40;/h5,8-11,13,15-17,21H,6-7,12,14H2,1-4H3,(H,35,37)(H,36,38,40);1H/t17-,21-;/m1./s1. The molecule has 0 saturated carbocycles. The smallest absolute Gasteiger partial charge is 0.433 e. The molecule has 5 rings (SSSR count). The fourth-order valence-electron chi connectivity index (χ4n) is 5.22. The molecular weight excluding hydrogens is 603 g/mol. The van der Waals surface area contributed by atoms with Crippen molar-refractivity contribution in [3.63, 3.8) is 0 Å². The van der Waals surface area contributed by atoms with E-state index < -0.39 is 11.9 Å². The van der Waals surface area contributed by atoms with Crippen LogP contribution in [0.5, 0.6) is 11.6 Å². The van der Waals surface area contributed by atoms with E-state index in [4.69, 9.17) is 4.74 Å². The van der Waals surface area contributed by atoms with E-state index >= 15 is 0 Å². The van der Waals surface area contributed by atoms with E-state index in [1.54, 1.807) is 18.2 Å². The van der Waals surface area contributed by atoms with Crippen molar-refractivity contribution in [3.05, 3.63) is 48.4 Å². The van der Waals surface area contributed by atoms with Crippen LogP contribution in [0.3, 0.4) is 0 Å². The van der Waals surface area contributed by atoms with Gasteiger partial charge in [0.1, 0.15) is 23.4 Å². The summed E-state index contributed by atoms with van der Waals surface area (Å²) in [5.74, 6) is 0.932. The number of nitrogens with zero attached hydrogens (tertiary/aromatic N) is 5. The first kappa shape index (κ1) is 32.4. The van der Waals surface area contributed by atoms with Crippen LogP contribution >= 0.6 is 23.7 Å². The lowest BCUT2D eigenvalue weighted by Gasteiger charge is -2.32.